The number of rotatable bonds is 37. The summed E-state index contributed by atoms with van der Waals surface area (Å²) in [5, 5.41) is 14.0. The van der Waals surface area contributed by atoms with Crippen LogP contribution < -0.4 is 37.2 Å². The van der Waals surface area contributed by atoms with Crippen molar-refractivity contribution in [3.63, 3.8) is 0 Å². The summed E-state index contributed by atoms with van der Waals surface area (Å²) in [7, 11) is 30.7. The molecule has 0 saturated heterocycles. The number of hydrogen-bond acceptors (Lipinski definition) is 23. The maximum atomic E-state index is 10.9. The van der Waals surface area contributed by atoms with Crippen LogP contribution in [-0.2, 0) is 67.1 Å². The van der Waals surface area contributed by atoms with Crippen molar-refractivity contribution in [2.45, 2.75) is 192 Å². The van der Waals surface area contributed by atoms with Gasteiger partial charge in [-0.1, -0.05) is 27.7 Å². The van der Waals surface area contributed by atoms with Crippen molar-refractivity contribution in [2.24, 2.45) is 5.73 Å². The third kappa shape index (κ3) is 200. The maximum absolute atomic E-state index is 10.9. The summed E-state index contributed by atoms with van der Waals surface area (Å²) in [5.74, 6) is 3.01. The zero-order valence-corrected chi connectivity index (χ0v) is 85.4. The van der Waals surface area contributed by atoms with Crippen molar-refractivity contribution in [3.05, 3.63) is 52.0 Å². The highest BCUT2D eigenvalue weighted by molar-refractivity contribution is 5.85. The largest absolute Gasteiger partial charge is 0.358 e. The molecule has 29 heteroatoms. The van der Waals surface area contributed by atoms with E-state index in [1.54, 1.807) is 118 Å². The van der Waals surface area contributed by atoms with Crippen LogP contribution in [0.2, 0.25) is 0 Å². The van der Waals surface area contributed by atoms with Crippen LogP contribution in [0.1, 0.15) is 180 Å². The molecule has 0 saturated carbocycles. The Morgan fingerprint density at radius 2 is 0.687 bits per heavy atom. The second-order valence-electron chi connectivity index (χ2n) is 29.0. The summed E-state index contributed by atoms with van der Waals surface area (Å²) in [5.41, 5.74) is 4.82. The van der Waals surface area contributed by atoms with E-state index >= 15 is 0 Å². The second-order valence-corrected chi connectivity index (χ2v) is 29.0. The number of ketones is 14. The SMILES string of the molecule is CC(=O)CN.CC(=O)CN(C)C.CC(=O)CN(C)C.CC(=O)C[N+](C)(C)C.CC(=O)C[NH+](C)C.CCC(NC)C(C)=O.CCN(CC)CC(C)=O.CCNCC(C)=O.CC[N+](C)(C)CC(C)=O.CC[N+](C)(CC)CC(C)=O.CC[N+](CC)(CC)CC(C)=O.CNC(C)C(C)=O.CNCC(C)=O.CNCC(C)=O.Cl.[CH3-].[CH3-].[CH3-].[CH3-].[CH3-].[CH3-].[CH3-]. The third-order valence-electron chi connectivity index (χ3n) is 14.0. The smallest absolute Gasteiger partial charge is 0.183 e. The average molecular weight is 1690 g/mol. The van der Waals surface area contributed by atoms with Gasteiger partial charge in [-0.05, 0) is 193 Å². The van der Waals surface area contributed by atoms with E-state index < -0.39 is 0 Å². The van der Waals surface area contributed by atoms with Crippen molar-refractivity contribution in [3.8, 4) is 0 Å². The van der Waals surface area contributed by atoms with Crippen molar-refractivity contribution in [1.29, 1.82) is 0 Å². The highest BCUT2D eigenvalue weighted by Gasteiger charge is 2.22. The average Bonchev–Trinajstić information content (AvgIpc) is 1.01. The van der Waals surface area contributed by atoms with E-state index in [1.807, 2.05) is 94.0 Å². The number of nitrogens with one attached hydrogen (secondary N) is 6. The molecule has 0 aromatic carbocycles. The van der Waals surface area contributed by atoms with Gasteiger partial charge in [-0.15, -0.1) is 12.4 Å². The van der Waals surface area contributed by atoms with Gasteiger partial charge in [0.05, 0.1) is 154 Å². The molecule has 0 rings (SSSR count). The molecule has 2 atom stereocenters. The Morgan fingerprint density at radius 1 is 0.383 bits per heavy atom. The van der Waals surface area contributed by atoms with Crippen LogP contribution in [0.4, 0.5) is 0 Å². The summed E-state index contributed by atoms with van der Waals surface area (Å²) >= 11 is 0. The standard InChI is InChI=1S/C9H20NO.C8H18NO.C7H16NO.C7H15NO.C6H14NO.C6H13NO.5C5H11NO.2C4H9NO.C3H7NO.7CH3.ClH/c1-5-10(6-2,7-3)8-9(4)11;1-5-9(4,6-2)7-8(3)10;1-5-8(3,4)6-7(2)9;1-4-8(5-2)6-7(3)9;1-6(8)5-7(2,3)4;1-4-6(7-3)5(2)8;3*1-5(7)4-6(2)3;1-4(6-3)5(2)7;1-3-6-4-5(2)7;2*1-4(6)3-5-2;1-3(5)2-4;;;;;;;;/h5-8H2,1-4H3;5-7H2,1-4H3;5-6H2,1-4H3;4-6H2,1-3H3;5H2,1-4H3;6-7H,4H2,1-3H3;3*4H2,1-3H3;4,6H,1-3H3;6H,3-4H2,1-2H3;2*5H,3H2,1-2H3;2,4H2,1H3;7*1H3;1H/q3*+1;;+1;;;;;;;;;;7*-1;/p+1. The zero-order valence-electron chi connectivity index (χ0n) is 84.5. The molecule has 0 radical (unpaired) electrons. The number of halogens is 1. The predicted molar refractivity (Wildman–Crippen MR) is 501 cm³/mol. The summed E-state index contributed by atoms with van der Waals surface area (Å²) in [6.07, 6.45) is 0.881. The maximum Gasteiger partial charge on any atom is 0.183 e. The Morgan fingerprint density at radius 3 is 0.730 bits per heavy atom. The van der Waals surface area contributed by atoms with Gasteiger partial charge in [0, 0.05) is 34.6 Å². The number of carbonyl (C=O) groups excluding carboxylic acids is 14. The fourth-order valence-corrected chi connectivity index (χ4v) is 7.69. The van der Waals surface area contributed by atoms with Crippen molar-refractivity contribution >= 4 is 93.4 Å². The molecule has 0 aliphatic carbocycles. The van der Waals surface area contributed by atoms with Crippen molar-refractivity contribution in [2.75, 3.05) is 250 Å². The molecule has 115 heavy (non-hydrogen) atoms. The first-order valence-electron chi connectivity index (χ1n) is 37.7. The van der Waals surface area contributed by atoms with E-state index in [1.165, 1.54) is 11.8 Å². The quantitative estimate of drug-likeness (QED) is 0.0243. The molecule has 8 N–H and O–H groups in total. The Hall–Kier alpha value is -4.89. The minimum Gasteiger partial charge on any atom is -0.358 e. The molecule has 28 nitrogen and oxygen atoms in total. The molecule has 2 unspecified atom stereocenters. The fraction of sp³-hybridized carbons (Fsp3) is 0.756. The summed E-state index contributed by atoms with van der Waals surface area (Å²) < 4.78 is 3.34. The van der Waals surface area contributed by atoms with Crippen molar-refractivity contribution < 1.29 is 90.0 Å². The fourth-order valence-electron chi connectivity index (χ4n) is 7.69. The molecular formula is C86H199ClN14O14-2. The monoisotopic (exact) mass is 1690 g/mol. The molecule has 0 heterocycles. The Labute approximate surface area is 720 Å². The predicted octanol–water partition coefficient (Wildman–Crippen LogP) is 7.02. The molecule has 0 aromatic rings. The van der Waals surface area contributed by atoms with E-state index in [0.29, 0.717) is 77.8 Å². The van der Waals surface area contributed by atoms with Gasteiger partial charge in [0.1, 0.15) is 84.8 Å². The number of quaternary nitrogens is 5. The normalized spacial score (nSPS) is 9.90. The minimum atomic E-state index is 0. The Bertz CT molecular complexity index is 2180. The number of carbonyl (C=O) groups is 14. The van der Waals surface area contributed by atoms with Gasteiger partial charge in [0.25, 0.3) is 0 Å². The van der Waals surface area contributed by atoms with Crippen LogP contribution in [0.3, 0.4) is 0 Å². The van der Waals surface area contributed by atoms with Crippen LogP contribution >= 0.6 is 12.4 Å². The van der Waals surface area contributed by atoms with Crippen LogP contribution in [0.5, 0.6) is 0 Å². The lowest BCUT2D eigenvalue weighted by Crippen LogP contribution is -3.06. The highest BCUT2D eigenvalue weighted by Crippen LogP contribution is 2.05. The molecule has 0 aromatic heterocycles. The van der Waals surface area contributed by atoms with Gasteiger partial charge >= 0.3 is 0 Å². The first-order chi connectivity index (χ1) is 48.6. The Kier molecular flexibility index (Phi) is 166. The van der Waals surface area contributed by atoms with E-state index in [-0.39, 0.29) is 158 Å². The molecular weight excluding hydrogens is 1490 g/mol. The lowest BCUT2D eigenvalue weighted by atomic mass is 10.1. The lowest BCUT2D eigenvalue weighted by molar-refractivity contribution is -0.915. The van der Waals surface area contributed by atoms with Gasteiger partial charge in [-0.25, -0.2) is 0 Å². The molecule has 0 bridgehead atoms. The van der Waals surface area contributed by atoms with Crippen LogP contribution in [0.15, 0.2) is 0 Å². The molecule has 0 aliphatic heterocycles. The molecule has 0 fully saturated rings. The van der Waals surface area contributed by atoms with Gasteiger partial charge in [-0.2, -0.15) is 0 Å². The highest BCUT2D eigenvalue weighted by atomic mass is 35.5. The number of likely N-dealkylation sites (N-methyl/N-ethyl adjacent to an activating group) is 13. The Balaban J connectivity index is -0.0000000404. The first kappa shape index (κ1) is 169. The van der Waals surface area contributed by atoms with Gasteiger partial charge < -0.3 is 117 Å². The van der Waals surface area contributed by atoms with Gasteiger partial charge in [0.15, 0.2) is 28.9 Å². The summed E-state index contributed by atoms with van der Waals surface area (Å²) in [6, 6.07) is 0.0787. The number of nitrogens with two attached hydrogens (primary N) is 1. The third-order valence-corrected chi connectivity index (χ3v) is 14.0. The number of nitrogens with zero attached hydrogens (tertiary/aromatic N) is 7. The van der Waals surface area contributed by atoms with Crippen LogP contribution in [0.25, 0.3) is 0 Å². The minimum absolute atomic E-state index is 0. The van der Waals surface area contributed by atoms with Crippen molar-refractivity contribution in [1.82, 2.24) is 41.3 Å². The van der Waals surface area contributed by atoms with Gasteiger partial charge in [0.2, 0.25) is 0 Å². The second kappa shape index (κ2) is 113. The summed E-state index contributed by atoms with van der Waals surface area (Å²) in [4.78, 5) is 152. The number of hydrogen-bond donors (Lipinski definition) is 7. The van der Waals surface area contributed by atoms with Crippen LogP contribution in [-0.4, -0.2) is 376 Å². The van der Waals surface area contributed by atoms with E-state index in [2.05, 4.69) is 108 Å². The molecule has 0 amide bonds. The summed E-state index contributed by atoms with van der Waals surface area (Å²) in [6.45, 7) is 60.7. The van der Waals surface area contributed by atoms with Gasteiger partial charge in [-0.3, -0.25) is 72.0 Å². The first-order valence-corrected chi connectivity index (χ1v) is 37.7. The van der Waals surface area contributed by atoms with Crippen LogP contribution in [0, 0.1) is 52.0 Å². The van der Waals surface area contributed by atoms with E-state index in [0.717, 1.165) is 83.3 Å². The topological polar surface area (TPSA) is 339 Å². The van der Waals surface area contributed by atoms with E-state index in [9.17, 15) is 67.1 Å². The number of Topliss-reactive ketones (excluding diaryl/α,β-unsaturated/α-hetero) is 14. The lowest BCUT2D eigenvalue weighted by Gasteiger charge is -2.34. The van der Waals surface area contributed by atoms with E-state index in [4.69, 9.17) is 5.73 Å². The molecule has 706 valence electrons. The molecule has 0 aliphatic rings. The zero-order chi connectivity index (χ0) is 88.6. The molecule has 0 spiro atoms.